The molecule has 0 aliphatic carbocycles. The van der Waals surface area contributed by atoms with Crippen molar-refractivity contribution in [2.45, 2.75) is 12.8 Å². The smallest absolute Gasteiger partial charge is 0.211 e. The molecule has 2 rings (SSSR count). The second-order valence-electron chi connectivity index (χ2n) is 5.25. The second kappa shape index (κ2) is 6.60. The molecule has 1 unspecified atom stereocenters. The fourth-order valence-electron chi connectivity index (χ4n) is 2.38. The molecule has 1 fully saturated rings. The molecule has 118 valence electrons. The van der Waals surface area contributed by atoms with E-state index in [-0.39, 0.29) is 5.92 Å². The number of anilines is 1. The van der Waals surface area contributed by atoms with Crippen LogP contribution in [0.5, 0.6) is 5.75 Å². The Labute approximate surface area is 135 Å². The Morgan fingerprint density at radius 3 is 2.57 bits per heavy atom. The maximum absolute atomic E-state index is 11.6. The van der Waals surface area contributed by atoms with E-state index >= 15 is 0 Å². The highest BCUT2D eigenvalue weighted by molar-refractivity contribution is 7.88. The van der Waals surface area contributed by atoms with E-state index in [9.17, 15) is 8.42 Å². The summed E-state index contributed by atoms with van der Waals surface area (Å²) in [7, 11) is -3.15. The molecule has 0 spiro atoms. The summed E-state index contributed by atoms with van der Waals surface area (Å²) >= 11 is 12.1. The Morgan fingerprint density at radius 1 is 1.38 bits per heavy atom. The lowest BCUT2D eigenvalue weighted by Gasteiger charge is -2.30. The maximum atomic E-state index is 11.6. The topological polar surface area (TPSA) is 72.6 Å². The molecular weight excluding hydrogens is 335 g/mol. The summed E-state index contributed by atoms with van der Waals surface area (Å²) in [4.78, 5) is 0. The number of piperidine rings is 1. The normalized spacial score (nSPS) is 20.4. The minimum atomic E-state index is -3.15. The Kier molecular flexibility index (Phi) is 5.24. The van der Waals surface area contributed by atoms with Crippen molar-refractivity contribution in [2.24, 2.45) is 5.92 Å². The minimum absolute atomic E-state index is 0.123. The highest BCUT2D eigenvalue weighted by Gasteiger charge is 2.26. The molecule has 1 atom stereocenters. The third-order valence-electron chi connectivity index (χ3n) is 3.43. The lowest BCUT2D eigenvalue weighted by atomic mass is 10.0. The van der Waals surface area contributed by atoms with E-state index in [1.54, 1.807) is 12.1 Å². The van der Waals surface area contributed by atoms with Gasteiger partial charge in [-0.1, -0.05) is 23.2 Å². The summed E-state index contributed by atoms with van der Waals surface area (Å²) in [5.41, 5.74) is 6.11. The zero-order chi connectivity index (χ0) is 15.6. The SMILES string of the molecule is CS(=O)(=O)N1CCCC(COc2c(Cl)cc(N)cc2Cl)C1. The van der Waals surface area contributed by atoms with E-state index in [4.69, 9.17) is 33.7 Å². The first-order chi connectivity index (χ1) is 9.77. The van der Waals surface area contributed by atoms with E-state index in [0.717, 1.165) is 12.8 Å². The van der Waals surface area contributed by atoms with Crippen molar-refractivity contribution in [3.05, 3.63) is 22.2 Å². The predicted molar refractivity (Wildman–Crippen MR) is 85.5 cm³/mol. The van der Waals surface area contributed by atoms with Gasteiger partial charge in [0.05, 0.1) is 22.9 Å². The molecule has 1 aromatic carbocycles. The number of nitrogens with zero attached hydrogens (tertiary/aromatic N) is 1. The van der Waals surface area contributed by atoms with Crippen molar-refractivity contribution < 1.29 is 13.2 Å². The van der Waals surface area contributed by atoms with Crippen molar-refractivity contribution >= 4 is 38.9 Å². The molecule has 0 amide bonds. The van der Waals surface area contributed by atoms with E-state index in [1.807, 2.05) is 0 Å². The van der Waals surface area contributed by atoms with E-state index in [0.29, 0.717) is 41.2 Å². The van der Waals surface area contributed by atoms with Crippen molar-refractivity contribution in [2.75, 3.05) is 31.7 Å². The van der Waals surface area contributed by atoms with Crippen LogP contribution in [-0.4, -0.2) is 38.7 Å². The van der Waals surface area contributed by atoms with Crippen molar-refractivity contribution in [3.8, 4) is 5.75 Å². The van der Waals surface area contributed by atoms with Gasteiger partial charge in [-0.2, -0.15) is 0 Å². The summed E-state index contributed by atoms with van der Waals surface area (Å²) in [5.74, 6) is 0.516. The van der Waals surface area contributed by atoms with Crippen LogP contribution in [0, 0.1) is 5.92 Å². The molecular formula is C13H18Cl2N2O3S. The van der Waals surface area contributed by atoms with Gasteiger partial charge in [0.2, 0.25) is 10.0 Å². The predicted octanol–water partition coefficient (Wildman–Crippen LogP) is 2.63. The van der Waals surface area contributed by atoms with Crippen LogP contribution >= 0.6 is 23.2 Å². The molecule has 1 heterocycles. The molecule has 8 heteroatoms. The first kappa shape index (κ1) is 16.7. The van der Waals surface area contributed by atoms with Gasteiger partial charge >= 0.3 is 0 Å². The van der Waals surface area contributed by atoms with E-state index in [1.165, 1.54) is 10.6 Å². The quantitative estimate of drug-likeness (QED) is 0.845. The van der Waals surface area contributed by atoms with Gasteiger partial charge in [-0.15, -0.1) is 0 Å². The zero-order valence-corrected chi connectivity index (χ0v) is 14.0. The van der Waals surface area contributed by atoms with Crippen LogP contribution in [-0.2, 0) is 10.0 Å². The number of halogens is 2. The second-order valence-corrected chi connectivity index (χ2v) is 8.05. The van der Waals surface area contributed by atoms with Gasteiger partial charge in [0.25, 0.3) is 0 Å². The third kappa shape index (κ3) is 4.39. The Morgan fingerprint density at radius 2 is 2.00 bits per heavy atom. The zero-order valence-electron chi connectivity index (χ0n) is 11.7. The number of sulfonamides is 1. The van der Waals surface area contributed by atoms with Gasteiger partial charge in [-0.3, -0.25) is 0 Å². The number of rotatable bonds is 4. The van der Waals surface area contributed by atoms with Crippen LogP contribution in [0.4, 0.5) is 5.69 Å². The van der Waals surface area contributed by atoms with Gasteiger partial charge < -0.3 is 10.5 Å². The summed E-state index contributed by atoms with van der Waals surface area (Å²) < 4.78 is 30.3. The van der Waals surface area contributed by atoms with E-state index < -0.39 is 10.0 Å². The monoisotopic (exact) mass is 352 g/mol. The van der Waals surface area contributed by atoms with Gasteiger partial charge in [-0.05, 0) is 25.0 Å². The maximum Gasteiger partial charge on any atom is 0.211 e. The van der Waals surface area contributed by atoms with Crippen LogP contribution in [0.3, 0.4) is 0 Å². The molecule has 5 nitrogen and oxygen atoms in total. The van der Waals surface area contributed by atoms with Crippen molar-refractivity contribution in [1.29, 1.82) is 0 Å². The standard InChI is InChI=1S/C13H18Cl2N2O3S/c1-21(18,19)17-4-2-3-9(7-17)8-20-13-11(14)5-10(16)6-12(13)15/h5-6,9H,2-4,7-8,16H2,1H3. The summed E-state index contributed by atoms with van der Waals surface area (Å²) in [6.45, 7) is 1.40. The summed E-state index contributed by atoms with van der Waals surface area (Å²) in [6.07, 6.45) is 2.96. The molecule has 0 bridgehead atoms. The molecule has 1 aliphatic rings. The van der Waals surface area contributed by atoms with Gasteiger partial charge in [0.1, 0.15) is 0 Å². The van der Waals surface area contributed by atoms with Crippen molar-refractivity contribution in [1.82, 2.24) is 4.31 Å². The van der Waals surface area contributed by atoms with Gasteiger partial charge in [0, 0.05) is 24.7 Å². The number of hydrogen-bond acceptors (Lipinski definition) is 4. The Hall–Kier alpha value is -0.690. The number of benzene rings is 1. The van der Waals surface area contributed by atoms with Crippen LogP contribution in [0.15, 0.2) is 12.1 Å². The highest BCUT2D eigenvalue weighted by Crippen LogP contribution is 2.35. The molecule has 1 aromatic rings. The fraction of sp³-hybridized carbons (Fsp3) is 0.538. The first-order valence-electron chi connectivity index (χ1n) is 6.60. The Balaban J connectivity index is 2.00. The molecule has 0 radical (unpaired) electrons. The minimum Gasteiger partial charge on any atom is -0.490 e. The Bertz CT molecular complexity index is 599. The number of nitrogen functional groups attached to an aromatic ring is 1. The van der Waals surface area contributed by atoms with Crippen molar-refractivity contribution in [3.63, 3.8) is 0 Å². The number of hydrogen-bond donors (Lipinski definition) is 1. The third-order valence-corrected chi connectivity index (χ3v) is 5.27. The first-order valence-corrected chi connectivity index (χ1v) is 9.20. The van der Waals surface area contributed by atoms with Crippen LogP contribution in [0.25, 0.3) is 0 Å². The van der Waals surface area contributed by atoms with Gasteiger partial charge in [0.15, 0.2) is 5.75 Å². The van der Waals surface area contributed by atoms with E-state index in [2.05, 4.69) is 0 Å². The van der Waals surface area contributed by atoms with Gasteiger partial charge in [-0.25, -0.2) is 12.7 Å². The molecule has 0 saturated carbocycles. The lowest BCUT2D eigenvalue weighted by Crippen LogP contribution is -2.40. The highest BCUT2D eigenvalue weighted by atomic mass is 35.5. The largest absolute Gasteiger partial charge is 0.490 e. The number of nitrogens with two attached hydrogens (primary N) is 1. The fourth-order valence-corrected chi connectivity index (χ4v) is 3.94. The molecule has 1 aliphatic heterocycles. The van der Waals surface area contributed by atoms with Crippen LogP contribution in [0.2, 0.25) is 10.0 Å². The average Bonchev–Trinajstić information content (AvgIpc) is 2.36. The number of ether oxygens (including phenoxy) is 1. The lowest BCUT2D eigenvalue weighted by molar-refractivity contribution is 0.181. The average molecular weight is 353 g/mol. The molecule has 21 heavy (non-hydrogen) atoms. The molecule has 2 N–H and O–H groups in total. The molecule has 1 saturated heterocycles. The summed E-state index contributed by atoms with van der Waals surface area (Å²) in [6, 6.07) is 3.15. The summed E-state index contributed by atoms with van der Waals surface area (Å²) in [5, 5.41) is 0.714. The van der Waals surface area contributed by atoms with Crippen LogP contribution in [0.1, 0.15) is 12.8 Å². The molecule has 0 aromatic heterocycles. The van der Waals surface area contributed by atoms with Crippen LogP contribution < -0.4 is 10.5 Å².